The molecule has 0 spiro atoms. The Kier molecular flexibility index (Phi) is 2.46. The maximum absolute atomic E-state index is 8.59. The monoisotopic (exact) mass is 136 g/mol. The van der Waals surface area contributed by atoms with Crippen LogP contribution in [0.15, 0.2) is 35.5 Å². The zero-order valence-corrected chi connectivity index (χ0v) is 6.17. The first kappa shape index (κ1) is 7.29. The van der Waals surface area contributed by atoms with Crippen molar-refractivity contribution in [1.29, 1.82) is 0 Å². The Morgan fingerprint density at radius 1 is 1.50 bits per heavy atom. The Hall–Kier alpha value is -0.820. The predicted octanol–water partition coefficient (Wildman–Crippen LogP) is 1.81. The molecule has 1 nitrogen and oxygen atoms in total. The van der Waals surface area contributed by atoms with Crippen LogP contribution in [-0.2, 0) is 0 Å². The Balaban J connectivity index is 2.59. The lowest BCUT2D eigenvalue weighted by atomic mass is 10.2. The molecule has 1 heteroatoms. The second-order valence-electron chi connectivity index (χ2n) is 2.31. The van der Waals surface area contributed by atoms with Gasteiger partial charge in [0.15, 0.2) is 0 Å². The summed E-state index contributed by atoms with van der Waals surface area (Å²) in [5.41, 5.74) is 2.46. The first-order valence-electron chi connectivity index (χ1n) is 3.52. The zero-order chi connectivity index (χ0) is 7.40. The molecule has 10 heavy (non-hydrogen) atoms. The maximum atomic E-state index is 8.59. The third-order valence-electron chi connectivity index (χ3n) is 1.58. The number of aliphatic hydroxyl groups is 1. The van der Waals surface area contributed by atoms with Crippen LogP contribution in [0.4, 0.5) is 0 Å². The molecule has 0 unspecified atom stereocenters. The molecule has 0 aromatic carbocycles. The van der Waals surface area contributed by atoms with Crippen molar-refractivity contribution in [3.8, 4) is 0 Å². The lowest BCUT2D eigenvalue weighted by Crippen LogP contribution is -1.81. The van der Waals surface area contributed by atoms with E-state index < -0.39 is 0 Å². The number of hydrogen-bond donors (Lipinski definition) is 1. The second kappa shape index (κ2) is 3.37. The summed E-state index contributed by atoms with van der Waals surface area (Å²) in [6.45, 7) is 2.26. The fraction of sp³-hybridized carbons (Fsp3) is 0.333. The molecule has 0 atom stereocenters. The van der Waals surface area contributed by atoms with Gasteiger partial charge in [-0.2, -0.15) is 0 Å². The molecule has 1 aliphatic carbocycles. The van der Waals surface area contributed by atoms with Gasteiger partial charge in [-0.3, -0.25) is 0 Å². The van der Waals surface area contributed by atoms with Crippen LogP contribution in [0.3, 0.4) is 0 Å². The molecule has 0 aromatic rings. The van der Waals surface area contributed by atoms with Gasteiger partial charge in [0.1, 0.15) is 0 Å². The minimum Gasteiger partial charge on any atom is -0.396 e. The third-order valence-corrected chi connectivity index (χ3v) is 1.58. The highest BCUT2D eigenvalue weighted by molar-refractivity contribution is 5.45. The van der Waals surface area contributed by atoms with Gasteiger partial charge < -0.3 is 5.11 Å². The van der Waals surface area contributed by atoms with Crippen molar-refractivity contribution >= 4 is 0 Å². The van der Waals surface area contributed by atoms with Gasteiger partial charge in [0.25, 0.3) is 0 Å². The molecular formula is C9H12O. The lowest BCUT2D eigenvalue weighted by Gasteiger charge is -1.90. The highest BCUT2D eigenvalue weighted by Crippen LogP contribution is 2.16. The normalized spacial score (nSPS) is 20.2. The molecule has 0 heterocycles. The summed E-state index contributed by atoms with van der Waals surface area (Å²) in [6.07, 6.45) is 9.03. The fourth-order valence-electron chi connectivity index (χ4n) is 0.978. The van der Waals surface area contributed by atoms with E-state index in [1.165, 1.54) is 11.1 Å². The molecule has 0 saturated heterocycles. The highest BCUT2D eigenvalue weighted by Gasteiger charge is 1.98. The van der Waals surface area contributed by atoms with E-state index >= 15 is 0 Å². The predicted molar refractivity (Wildman–Crippen MR) is 42.7 cm³/mol. The van der Waals surface area contributed by atoms with E-state index in [0.717, 1.165) is 6.42 Å². The van der Waals surface area contributed by atoms with Crippen LogP contribution in [0.2, 0.25) is 0 Å². The Labute approximate surface area is 61.4 Å². The van der Waals surface area contributed by atoms with E-state index in [0.29, 0.717) is 0 Å². The number of aliphatic hydroxyl groups excluding tert-OH is 1. The molecule has 0 aliphatic heterocycles. The van der Waals surface area contributed by atoms with Crippen molar-refractivity contribution in [3.63, 3.8) is 0 Å². The molecule has 0 bridgehead atoms. The molecule has 0 saturated carbocycles. The quantitative estimate of drug-likeness (QED) is 0.613. The van der Waals surface area contributed by atoms with Crippen molar-refractivity contribution in [2.45, 2.75) is 13.3 Å². The topological polar surface area (TPSA) is 20.2 Å². The van der Waals surface area contributed by atoms with Crippen LogP contribution in [0.5, 0.6) is 0 Å². The van der Waals surface area contributed by atoms with Crippen molar-refractivity contribution in [1.82, 2.24) is 0 Å². The molecular weight excluding hydrogens is 124 g/mol. The van der Waals surface area contributed by atoms with Crippen molar-refractivity contribution in [2.24, 2.45) is 0 Å². The van der Waals surface area contributed by atoms with Crippen LogP contribution >= 0.6 is 0 Å². The van der Waals surface area contributed by atoms with Crippen LogP contribution in [0, 0.1) is 0 Å². The summed E-state index contributed by atoms with van der Waals surface area (Å²) in [5, 5.41) is 8.59. The molecule has 1 aliphatic rings. The third kappa shape index (κ3) is 1.58. The Bertz CT molecular complexity index is 197. The summed E-state index contributed by atoms with van der Waals surface area (Å²) < 4.78 is 0. The van der Waals surface area contributed by atoms with E-state index in [4.69, 9.17) is 5.11 Å². The molecule has 0 amide bonds. The maximum Gasteiger partial charge on any atom is 0.0471 e. The van der Waals surface area contributed by atoms with E-state index in [-0.39, 0.29) is 6.61 Å². The summed E-state index contributed by atoms with van der Waals surface area (Å²) in [4.78, 5) is 0. The summed E-state index contributed by atoms with van der Waals surface area (Å²) >= 11 is 0. The number of rotatable bonds is 2. The largest absolute Gasteiger partial charge is 0.396 e. The van der Waals surface area contributed by atoms with Gasteiger partial charge in [-0.05, 0) is 24.5 Å². The number of hydrogen-bond acceptors (Lipinski definition) is 1. The number of allylic oxidation sites excluding steroid dienone is 5. The van der Waals surface area contributed by atoms with Crippen LogP contribution < -0.4 is 0 Å². The minimum absolute atomic E-state index is 0.243. The van der Waals surface area contributed by atoms with Gasteiger partial charge in [0.05, 0.1) is 0 Å². The van der Waals surface area contributed by atoms with Crippen LogP contribution in [0.25, 0.3) is 0 Å². The van der Waals surface area contributed by atoms with Crippen LogP contribution in [-0.4, -0.2) is 11.7 Å². The van der Waals surface area contributed by atoms with E-state index in [1.807, 2.05) is 13.0 Å². The molecule has 0 aromatic heterocycles. The molecule has 1 rings (SSSR count). The van der Waals surface area contributed by atoms with Gasteiger partial charge in [0, 0.05) is 6.61 Å². The average molecular weight is 136 g/mol. The zero-order valence-electron chi connectivity index (χ0n) is 6.17. The lowest BCUT2D eigenvalue weighted by molar-refractivity contribution is 0.300. The fourth-order valence-corrected chi connectivity index (χ4v) is 0.978. The Morgan fingerprint density at radius 3 is 2.80 bits per heavy atom. The first-order valence-corrected chi connectivity index (χ1v) is 3.52. The highest BCUT2D eigenvalue weighted by atomic mass is 16.2. The van der Waals surface area contributed by atoms with Gasteiger partial charge in [0.2, 0.25) is 0 Å². The van der Waals surface area contributed by atoms with Crippen molar-refractivity contribution in [3.05, 3.63) is 35.5 Å². The standard InChI is InChI=1S/C9H12O/c1-2-8-3-4-9(7-8)5-6-10/h2-4,7,10H,5-6H2,1H3. The SMILES string of the molecule is CC=C1C=CC(CCO)=C1. The summed E-state index contributed by atoms with van der Waals surface area (Å²) in [7, 11) is 0. The van der Waals surface area contributed by atoms with Gasteiger partial charge in [-0.25, -0.2) is 0 Å². The van der Waals surface area contributed by atoms with Crippen LogP contribution in [0.1, 0.15) is 13.3 Å². The first-order chi connectivity index (χ1) is 4.86. The van der Waals surface area contributed by atoms with Gasteiger partial charge >= 0.3 is 0 Å². The van der Waals surface area contributed by atoms with Gasteiger partial charge in [-0.15, -0.1) is 0 Å². The van der Waals surface area contributed by atoms with Gasteiger partial charge in [-0.1, -0.05) is 24.3 Å². The smallest absolute Gasteiger partial charge is 0.0471 e. The molecule has 0 radical (unpaired) electrons. The van der Waals surface area contributed by atoms with E-state index in [9.17, 15) is 0 Å². The average Bonchev–Trinajstić information content (AvgIpc) is 2.37. The van der Waals surface area contributed by atoms with E-state index in [2.05, 4.69) is 18.2 Å². The molecule has 54 valence electrons. The summed E-state index contributed by atoms with van der Waals surface area (Å²) in [5.74, 6) is 0. The molecule has 0 fully saturated rings. The second-order valence-corrected chi connectivity index (χ2v) is 2.31. The summed E-state index contributed by atoms with van der Waals surface area (Å²) in [6, 6.07) is 0. The minimum atomic E-state index is 0.243. The van der Waals surface area contributed by atoms with Crippen molar-refractivity contribution < 1.29 is 5.11 Å². The molecule has 1 N–H and O–H groups in total. The van der Waals surface area contributed by atoms with Crippen molar-refractivity contribution in [2.75, 3.05) is 6.61 Å². The van der Waals surface area contributed by atoms with E-state index in [1.54, 1.807) is 0 Å². The Morgan fingerprint density at radius 2 is 2.30 bits per heavy atom.